The van der Waals surface area contributed by atoms with Gasteiger partial charge in [0.25, 0.3) is 5.91 Å². The average molecular weight is 391 g/mol. The van der Waals surface area contributed by atoms with Crippen molar-refractivity contribution in [1.29, 1.82) is 0 Å². The Hall–Kier alpha value is -2.52. The van der Waals surface area contributed by atoms with Gasteiger partial charge in [-0.15, -0.1) is 0 Å². The van der Waals surface area contributed by atoms with Gasteiger partial charge >= 0.3 is 0 Å². The van der Waals surface area contributed by atoms with Gasteiger partial charge in [-0.2, -0.15) is 4.31 Å². The van der Waals surface area contributed by atoms with Crippen molar-refractivity contribution in [2.24, 2.45) is 0 Å². The number of hydrogen-bond acceptors (Lipinski definition) is 6. The number of aryl methyl sites for hydroxylation is 3. The maximum absolute atomic E-state index is 12.8. The molecule has 0 radical (unpaired) electrons. The van der Waals surface area contributed by atoms with Gasteiger partial charge in [0.15, 0.2) is 0 Å². The summed E-state index contributed by atoms with van der Waals surface area (Å²) in [7, 11) is -3.66. The van der Waals surface area contributed by atoms with Crippen molar-refractivity contribution in [1.82, 2.24) is 19.7 Å². The molecule has 0 unspecified atom stereocenters. The molecule has 0 aliphatic rings. The fourth-order valence-electron chi connectivity index (χ4n) is 2.69. The van der Waals surface area contributed by atoms with E-state index in [1.165, 1.54) is 10.4 Å². The molecule has 0 aliphatic carbocycles. The van der Waals surface area contributed by atoms with E-state index in [0.29, 0.717) is 18.7 Å². The minimum Gasteiger partial charge on any atom is -0.267 e. The van der Waals surface area contributed by atoms with Crippen LogP contribution in [0.25, 0.3) is 0 Å². The van der Waals surface area contributed by atoms with Crippen LogP contribution in [-0.4, -0.2) is 41.7 Å². The molecule has 2 rings (SSSR count). The van der Waals surface area contributed by atoms with Gasteiger partial charge in [-0.3, -0.25) is 15.6 Å². The van der Waals surface area contributed by atoms with E-state index in [9.17, 15) is 13.2 Å². The number of amides is 1. The maximum atomic E-state index is 12.8. The van der Waals surface area contributed by atoms with Crippen molar-refractivity contribution < 1.29 is 13.2 Å². The smallest absolute Gasteiger partial charge is 0.267 e. The minimum absolute atomic E-state index is 0.126. The van der Waals surface area contributed by atoms with Gasteiger partial charge in [-0.25, -0.2) is 18.4 Å². The summed E-state index contributed by atoms with van der Waals surface area (Å²) in [6, 6.07) is 6.41. The Balaban J connectivity index is 2.25. The molecule has 2 N–H and O–H groups in total. The first-order valence-electron chi connectivity index (χ1n) is 8.68. The number of carbonyl (C=O) groups excluding carboxylic acids is 1. The fourth-order valence-corrected chi connectivity index (χ4v) is 4.40. The zero-order valence-electron chi connectivity index (χ0n) is 16.2. The molecule has 0 saturated heterocycles. The van der Waals surface area contributed by atoms with Gasteiger partial charge in [-0.1, -0.05) is 19.9 Å². The molecule has 1 heterocycles. The lowest BCUT2D eigenvalue weighted by molar-refractivity contribution is 0.0962. The van der Waals surface area contributed by atoms with E-state index < -0.39 is 15.9 Å². The lowest BCUT2D eigenvalue weighted by Gasteiger charge is -2.20. The molecule has 9 heteroatoms. The standard InChI is InChI=1S/C18H25N5O3S/c1-6-23(7-2)27(25,26)16-11-15(9-8-12(16)3)17(24)21-22-18-19-13(4)10-14(5)20-18/h8-11H,6-7H2,1-5H3,(H,21,24)(H,19,20,22). The van der Waals surface area contributed by atoms with Gasteiger partial charge in [-0.05, 0) is 44.5 Å². The number of anilines is 1. The summed E-state index contributed by atoms with van der Waals surface area (Å²) in [6.07, 6.45) is 0. The molecule has 0 bridgehead atoms. The molecule has 2 aromatic rings. The van der Waals surface area contributed by atoms with Gasteiger partial charge in [0.05, 0.1) is 4.90 Å². The molecule has 146 valence electrons. The van der Waals surface area contributed by atoms with Crippen LogP contribution in [0.4, 0.5) is 5.95 Å². The molecule has 0 atom stereocenters. The molecule has 27 heavy (non-hydrogen) atoms. The summed E-state index contributed by atoms with van der Waals surface area (Å²) in [4.78, 5) is 20.9. The molecule has 8 nitrogen and oxygen atoms in total. The van der Waals surface area contributed by atoms with Gasteiger partial charge in [0, 0.05) is 30.0 Å². The molecule has 0 spiro atoms. The van der Waals surface area contributed by atoms with Crippen LogP contribution >= 0.6 is 0 Å². The third-order valence-corrected chi connectivity index (χ3v) is 6.24. The van der Waals surface area contributed by atoms with Crippen LogP contribution in [0.3, 0.4) is 0 Å². The molecule has 0 saturated carbocycles. The summed E-state index contributed by atoms with van der Waals surface area (Å²) in [5.74, 6) is -0.210. The van der Waals surface area contributed by atoms with Crippen LogP contribution in [0.2, 0.25) is 0 Å². The zero-order chi connectivity index (χ0) is 20.2. The highest BCUT2D eigenvalue weighted by molar-refractivity contribution is 7.89. The Bertz CT molecular complexity index is 920. The molecular formula is C18H25N5O3S. The summed E-state index contributed by atoms with van der Waals surface area (Å²) < 4.78 is 27.0. The predicted molar refractivity (Wildman–Crippen MR) is 104 cm³/mol. The largest absolute Gasteiger partial charge is 0.269 e. The highest BCUT2D eigenvalue weighted by Crippen LogP contribution is 2.21. The second-order valence-corrected chi connectivity index (χ2v) is 8.03. The topological polar surface area (TPSA) is 104 Å². The average Bonchev–Trinajstić information content (AvgIpc) is 2.60. The van der Waals surface area contributed by atoms with Crippen molar-refractivity contribution in [3.8, 4) is 0 Å². The number of rotatable bonds is 7. The number of nitrogens with zero attached hydrogens (tertiary/aromatic N) is 3. The lowest BCUT2D eigenvalue weighted by Crippen LogP contribution is -2.32. The minimum atomic E-state index is -3.66. The van der Waals surface area contributed by atoms with Crippen LogP contribution < -0.4 is 10.9 Å². The normalized spacial score (nSPS) is 11.5. The Morgan fingerprint density at radius 2 is 1.63 bits per heavy atom. The van der Waals surface area contributed by atoms with E-state index in [1.807, 2.05) is 19.9 Å². The zero-order valence-corrected chi connectivity index (χ0v) is 17.0. The molecule has 0 aliphatic heterocycles. The van der Waals surface area contributed by atoms with Crippen molar-refractivity contribution in [2.75, 3.05) is 18.5 Å². The van der Waals surface area contributed by atoms with E-state index in [4.69, 9.17) is 0 Å². The number of benzene rings is 1. The fraction of sp³-hybridized carbons (Fsp3) is 0.389. The first-order valence-corrected chi connectivity index (χ1v) is 10.1. The molecule has 1 amide bonds. The Kier molecular flexibility index (Phi) is 6.50. The highest BCUT2D eigenvalue weighted by Gasteiger charge is 2.24. The van der Waals surface area contributed by atoms with Crippen molar-refractivity contribution in [3.05, 3.63) is 46.8 Å². The Labute approximate surface area is 160 Å². The van der Waals surface area contributed by atoms with E-state index in [0.717, 1.165) is 11.4 Å². The summed E-state index contributed by atoms with van der Waals surface area (Å²) >= 11 is 0. The highest BCUT2D eigenvalue weighted by atomic mass is 32.2. The third-order valence-electron chi connectivity index (χ3n) is 4.04. The quantitative estimate of drug-likeness (QED) is 0.701. The summed E-state index contributed by atoms with van der Waals surface area (Å²) in [5.41, 5.74) is 7.51. The number of hydrogen-bond donors (Lipinski definition) is 2. The van der Waals surface area contributed by atoms with Gasteiger partial charge in [0.2, 0.25) is 16.0 Å². The number of hydrazine groups is 1. The van der Waals surface area contributed by atoms with Crippen molar-refractivity contribution in [2.45, 2.75) is 39.5 Å². The maximum Gasteiger partial charge on any atom is 0.269 e. The van der Waals surface area contributed by atoms with E-state index in [2.05, 4.69) is 20.8 Å². The third kappa shape index (κ3) is 4.81. The second kappa shape index (κ2) is 8.45. The van der Waals surface area contributed by atoms with Crippen LogP contribution in [0, 0.1) is 20.8 Å². The number of sulfonamides is 1. The number of nitrogens with one attached hydrogen (secondary N) is 2. The predicted octanol–water partition coefficient (Wildman–Crippen LogP) is 2.19. The molecular weight excluding hydrogens is 366 g/mol. The lowest BCUT2D eigenvalue weighted by atomic mass is 10.1. The van der Waals surface area contributed by atoms with E-state index in [1.54, 1.807) is 32.9 Å². The Morgan fingerprint density at radius 1 is 1.04 bits per heavy atom. The SMILES string of the molecule is CCN(CC)S(=O)(=O)c1cc(C(=O)NNc2nc(C)cc(C)n2)ccc1C. The summed E-state index contributed by atoms with van der Waals surface area (Å²) in [5, 5.41) is 0. The van der Waals surface area contributed by atoms with Gasteiger partial charge < -0.3 is 0 Å². The first kappa shape index (κ1) is 20.8. The monoisotopic (exact) mass is 391 g/mol. The molecule has 1 aromatic carbocycles. The van der Waals surface area contributed by atoms with E-state index in [-0.39, 0.29) is 16.4 Å². The van der Waals surface area contributed by atoms with Crippen LogP contribution in [0.1, 0.15) is 41.2 Å². The Morgan fingerprint density at radius 3 is 2.19 bits per heavy atom. The number of aromatic nitrogens is 2. The molecule has 0 fully saturated rings. The second-order valence-electron chi connectivity index (χ2n) is 6.12. The van der Waals surface area contributed by atoms with Crippen molar-refractivity contribution in [3.63, 3.8) is 0 Å². The van der Waals surface area contributed by atoms with Crippen molar-refractivity contribution >= 4 is 21.9 Å². The number of carbonyl (C=O) groups is 1. The first-order chi connectivity index (χ1) is 12.7. The van der Waals surface area contributed by atoms with Crippen LogP contribution in [0.15, 0.2) is 29.2 Å². The van der Waals surface area contributed by atoms with Gasteiger partial charge in [0.1, 0.15) is 0 Å². The summed E-state index contributed by atoms with van der Waals surface area (Å²) in [6.45, 7) is 9.64. The van der Waals surface area contributed by atoms with Crippen LogP contribution in [-0.2, 0) is 10.0 Å². The molecule has 1 aromatic heterocycles. The van der Waals surface area contributed by atoms with E-state index >= 15 is 0 Å². The van der Waals surface area contributed by atoms with Crippen LogP contribution in [0.5, 0.6) is 0 Å².